The van der Waals surface area contributed by atoms with Crippen LogP contribution in [0.2, 0.25) is 0 Å². The number of sulfonamides is 1. The largest absolute Gasteiger partial charge is 0.457 e. The highest BCUT2D eigenvalue weighted by molar-refractivity contribution is 7.89. The third-order valence-electron chi connectivity index (χ3n) is 4.01. The SMILES string of the molecule is Cc1cccc(Oc2ccc(S(=O)(=O)NCC3=CCNCC3)cc2)c1.Cl. The van der Waals surface area contributed by atoms with E-state index in [-0.39, 0.29) is 17.3 Å². The van der Waals surface area contributed by atoms with Crippen molar-refractivity contribution in [2.24, 2.45) is 0 Å². The number of benzene rings is 2. The number of rotatable bonds is 6. The second-order valence-electron chi connectivity index (χ2n) is 6.03. The lowest BCUT2D eigenvalue weighted by atomic mass is 10.1. The molecule has 0 atom stereocenters. The first-order valence-corrected chi connectivity index (χ1v) is 9.74. The van der Waals surface area contributed by atoms with E-state index in [1.807, 2.05) is 37.3 Å². The van der Waals surface area contributed by atoms with Gasteiger partial charge in [0.05, 0.1) is 4.90 Å². The number of aryl methyl sites for hydroxylation is 1. The van der Waals surface area contributed by atoms with Crippen LogP contribution < -0.4 is 14.8 Å². The lowest BCUT2D eigenvalue weighted by molar-refractivity contribution is 0.481. The number of halogens is 1. The molecule has 26 heavy (non-hydrogen) atoms. The molecule has 0 amide bonds. The predicted molar refractivity (Wildman–Crippen MR) is 106 cm³/mol. The summed E-state index contributed by atoms with van der Waals surface area (Å²) in [6, 6.07) is 14.2. The molecule has 5 nitrogen and oxygen atoms in total. The second kappa shape index (κ2) is 9.19. The van der Waals surface area contributed by atoms with Crippen molar-refractivity contribution in [1.82, 2.24) is 10.0 Å². The molecule has 0 saturated carbocycles. The van der Waals surface area contributed by atoms with Crippen molar-refractivity contribution in [3.63, 3.8) is 0 Å². The molecule has 0 spiro atoms. The predicted octanol–water partition coefficient (Wildman–Crippen LogP) is 3.41. The van der Waals surface area contributed by atoms with Gasteiger partial charge in [0.25, 0.3) is 0 Å². The van der Waals surface area contributed by atoms with Crippen molar-refractivity contribution >= 4 is 22.4 Å². The van der Waals surface area contributed by atoms with Gasteiger partial charge in [0.15, 0.2) is 0 Å². The average molecular weight is 395 g/mol. The molecule has 2 N–H and O–H groups in total. The molecule has 0 aliphatic carbocycles. The molecular weight excluding hydrogens is 372 g/mol. The summed E-state index contributed by atoms with van der Waals surface area (Å²) in [4.78, 5) is 0.235. The molecule has 1 heterocycles. The van der Waals surface area contributed by atoms with Gasteiger partial charge in [-0.15, -0.1) is 12.4 Å². The number of nitrogens with one attached hydrogen (secondary N) is 2. The molecule has 0 fully saturated rings. The van der Waals surface area contributed by atoms with Gasteiger partial charge in [0, 0.05) is 13.1 Å². The standard InChI is InChI=1S/C19H22N2O3S.ClH/c1-15-3-2-4-18(13-15)24-17-5-7-19(8-6-17)25(22,23)21-14-16-9-11-20-12-10-16;/h2-9,13,20-21H,10-12,14H2,1H3;1H. The molecule has 0 aromatic heterocycles. The van der Waals surface area contributed by atoms with Gasteiger partial charge >= 0.3 is 0 Å². The summed E-state index contributed by atoms with van der Waals surface area (Å²) in [5.74, 6) is 1.33. The fourth-order valence-electron chi connectivity index (χ4n) is 2.60. The van der Waals surface area contributed by atoms with Gasteiger partial charge in [-0.2, -0.15) is 0 Å². The molecule has 1 aliphatic heterocycles. The van der Waals surface area contributed by atoms with E-state index in [0.717, 1.165) is 36.4 Å². The Labute approximate surface area is 160 Å². The summed E-state index contributed by atoms with van der Waals surface area (Å²) in [6.45, 7) is 4.03. The van der Waals surface area contributed by atoms with Gasteiger partial charge in [-0.05, 0) is 61.9 Å². The van der Waals surface area contributed by atoms with Crippen molar-refractivity contribution in [2.75, 3.05) is 19.6 Å². The Morgan fingerprint density at radius 1 is 1.12 bits per heavy atom. The van der Waals surface area contributed by atoms with Crippen LogP contribution in [0.25, 0.3) is 0 Å². The number of hydrogen-bond acceptors (Lipinski definition) is 4. The minimum atomic E-state index is -3.52. The highest BCUT2D eigenvalue weighted by Crippen LogP contribution is 2.23. The summed E-state index contributed by atoms with van der Waals surface area (Å²) >= 11 is 0. The minimum absolute atomic E-state index is 0. The first-order chi connectivity index (χ1) is 12.0. The van der Waals surface area contributed by atoms with Crippen LogP contribution in [0.3, 0.4) is 0 Å². The first kappa shape index (κ1) is 20.5. The topological polar surface area (TPSA) is 67.4 Å². The molecule has 0 bridgehead atoms. The van der Waals surface area contributed by atoms with Crippen molar-refractivity contribution in [3.05, 3.63) is 65.7 Å². The van der Waals surface area contributed by atoms with Gasteiger partial charge in [-0.1, -0.05) is 23.8 Å². The van der Waals surface area contributed by atoms with E-state index in [2.05, 4.69) is 10.0 Å². The summed E-state index contributed by atoms with van der Waals surface area (Å²) in [6.07, 6.45) is 2.90. The lowest BCUT2D eigenvalue weighted by Crippen LogP contribution is -2.29. The first-order valence-electron chi connectivity index (χ1n) is 8.26. The fraction of sp³-hybridized carbons (Fsp3) is 0.263. The van der Waals surface area contributed by atoms with Crippen molar-refractivity contribution in [3.8, 4) is 11.5 Å². The zero-order valence-electron chi connectivity index (χ0n) is 14.6. The van der Waals surface area contributed by atoms with E-state index in [1.165, 1.54) is 0 Å². The third kappa shape index (κ3) is 5.57. The highest BCUT2D eigenvalue weighted by Gasteiger charge is 2.15. The summed E-state index contributed by atoms with van der Waals surface area (Å²) in [5.41, 5.74) is 2.22. The maximum Gasteiger partial charge on any atom is 0.240 e. The van der Waals surface area contributed by atoms with E-state index >= 15 is 0 Å². The maximum absolute atomic E-state index is 12.4. The molecular formula is C19H23ClN2O3S. The third-order valence-corrected chi connectivity index (χ3v) is 5.42. The average Bonchev–Trinajstić information content (AvgIpc) is 2.62. The Balaban J connectivity index is 0.00000243. The van der Waals surface area contributed by atoms with Crippen LogP contribution >= 0.6 is 12.4 Å². The molecule has 2 aromatic rings. The highest BCUT2D eigenvalue weighted by atomic mass is 35.5. The molecule has 0 saturated heterocycles. The van der Waals surface area contributed by atoms with Crippen molar-refractivity contribution < 1.29 is 13.2 Å². The van der Waals surface area contributed by atoms with Gasteiger partial charge in [-0.3, -0.25) is 0 Å². The lowest BCUT2D eigenvalue weighted by Gasteiger charge is -2.15. The smallest absolute Gasteiger partial charge is 0.240 e. The molecule has 1 aliphatic rings. The Kier molecular flexibility index (Phi) is 7.23. The molecule has 3 rings (SSSR count). The van der Waals surface area contributed by atoms with Crippen molar-refractivity contribution in [2.45, 2.75) is 18.2 Å². The van der Waals surface area contributed by atoms with E-state index < -0.39 is 10.0 Å². The van der Waals surface area contributed by atoms with Crippen LogP contribution in [0.4, 0.5) is 0 Å². The van der Waals surface area contributed by atoms with Crippen LogP contribution in [-0.4, -0.2) is 28.1 Å². The van der Waals surface area contributed by atoms with Crippen LogP contribution in [0, 0.1) is 6.92 Å². The molecule has 140 valence electrons. The van der Waals surface area contributed by atoms with Gasteiger partial charge in [0.2, 0.25) is 10.0 Å². The molecule has 7 heteroatoms. The van der Waals surface area contributed by atoms with Crippen LogP contribution in [0.15, 0.2) is 65.1 Å². The van der Waals surface area contributed by atoms with E-state index in [0.29, 0.717) is 12.3 Å². The van der Waals surface area contributed by atoms with E-state index in [9.17, 15) is 8.42 Å². The van der Waals surface area contributed by atoms with Gasteiger partial charge in [-0.25, -0.2) is 13.1 Å². The zero-order chi connectivity index (χ0) is 17.7. The monoisotopic (exact) mass is 394 g/mol. The van der Waals surface area contributed by atoms with Crippen LogP contribution in [0.1, 0.15) is 12.0 Å². The Hall–Kier alpha value is -1.86. The molecule has 0 unspecified atom stereocenters. The van der Waals surface area contributed by atoms with E-state index in [4.69, 9.17) is 4.74 Å². The number of hydrogen-bond donors (Lipinski definition) is 2. The number of ether oxygens (including phenoxy) is 1. The van der Waals surface area contributed by atoms with Gasteiger partial charge in [0.1, 0.15) is 11.5 Å². The Morgan fingerprint density at radius 2 is 1.88 bits per heavy atom. The zero-order valence-corrected chi connectivity index (χ0v) is 16.2. The Bertz CT molecular complexity index is 865. The van der Waals surface area contributed by atoms with Crippen LogP contribution in [-0.2, 0) is 10.0 Å². The van der Waals surface area contributed by atoms with E-state index in [1.54, 1.807) is 24.3 Å². The molecule has 2 aromatic carbocycles. The fourth-order valence-corrected chi connectivity index (χ4v) is 3.64. The van der Waals surface area contributed by atoms with Crippen LogP contribution in [0.5, 0.6) is 11.5 Å². The van der Waals surface area contributed by atoms with Gasteiger partial charge < -0.3 is 10.1 Å². The minimum Gasteiger partial charge on any atom is -0.457 e. The normalized spacial score (nSPS) is 14.3. The maximum atomic E-state index is 12.4. The Morgan fingerprint density at radius 3 is 2.54 bits per heavy atom. The van der Waals surface area contributed by atoms with Crippen molar-refractivity contribution in [1.29, 1.82) is 0 Å². The summed E-state index contributed by atoms with van der Waals surface area (Å²) in [5, 5.41) is 3.21. The molecule has 0 radical (unpaired) electrons. The summed E-state index contributed by atoms with van der Waals surface area (Å²) < 4.78 is 33.2. The summed E-state index contributed by atoms with van der Waals surface area (Å²) in [7, 11) is -3.52. The quantitative estimate of drug-likeness (QED) is 0.737. The second-order valence-corrected chi connectivity index (χ2v) is 7.80.